The third-order valence-electron chi connectivity index (χ3n) is 2.54. The van der Waals surface area contributed by atoms with E-state index in [4.69, 9.17) is 10.5 Å². The van der Waals surface area contributed by atoms with Crippen molar-refractivity contribution in [3.63, 3.8) is 0 Å². The second-order valence-corrected chi connectivity index (χ2v) is 4.72. The van der Waals surface area contributed by atoms with Crippen molar-refractivity contribution in [3.8, 4) is 5.88 Å². The van der Waals surface area contributed by atoms with Gasteiger partial charge in [-0.05, 0) is 30.0 Å². The molecule has 0 saturated heterocycles. The molecule has 0 fully saturated rings. The van der Waals surface area contributed by atoms with E-state index < -0.39 is 0 Å². The molecule has 0 atom stereocenters. The quantitative estimate of drug-likeness (QED) is 0.784. The first-order valence-corrected chi connectivity index (χ1v) is 6.37. The van der Waals surface area contributed by atoms with Crippen LogP contribution in [0, 0.1) is 0 Å². The maximum absolute atomic E-state index is 5.91. The van der Waals surface area contributed by atoms with Crippen molar-refractivity contribution in [2.75, 3.05) is 12.8 Å². The van der Waals surface area contributed by atoms with Crippen LogP contribution in [-0.4, -0.2) is 26.7 Å². The first-order chi connectivity index (χ1) is 9.28. The van der Waals surface area contributed by atoms with Crippen LogP contribution in [-0.2, 0) is 0 Å². The van der Waals surface area contributed by atoms with Crippen LogP contribution in [0.4, 0.5) is 5.69 Å². The Morgan fingerprint density at radius 3 is 2.95 bits per heavy atom. The lowest BCUT2D eigenvalue weighted by Gasteiger charge is -2.05. The van der Waals surface area contributed by atoms with Crippen molar-refractivity contribution in [3.05, 3.63) is 36.5 Å². The molecule has 3 aromatic rings. The number of fused-ring (bicyclic) bond motifs is 1. The summed E-state index contributed by atoms with van der Waals surface area (Å²) in [4.78, 5) is 4.31. The van der Waals surface area contributed by atoms with Gasteiger partial charge in [0, 0.05) is 12.3 Å². The van der Waals surface area contributed by atoms with Crippen molar-refractivity contribution in [2.45, 2.75) is 10.2 Å². The molecule has 0 aliphatic carbocycles. The molecule has 19 heavy (non-hydrogen) atoms. The molecule has 0 unspecified atom stereocenters. The van der Waals surface area contributed by atoms with Gasteiger partial charge in [0.05, 0.1) is 12.8 Å². The Morgan fingerprint density at radius 1 is 1.21 bits per heavy atom. The second kappa shape index (κ2) is 4.77. The summed E-state index contributed by atoms with van der Waals surface area (Å²) in [5.74, 6) is 0.519. The summed E-state index contributed by atoms with van der Waals surface area (Å²) in [5.41, 5.74) is 7.27. The van der Waals surface area contributed by atoms with E-state index >= 15 is 0 Å². The molecule has 6 nitrogen and oxygen atoms in total. The number of nitrogens with two attached hydrogens (primary N) is 1. The number of methoxy groups -OCH3 is 1. The SMILES string of the molecule is COc1ccc(N)c(Sc2nnc3ccccn23)n1. The zero-order valence-electron chi connectivity index (χ0n) is 10.1. The Kier molecular flexibility index (Phi) is 2.96. The van der Waals surface area contributed by atoms with Crippen LogP contribution in [0.25, 0.3) is 5.65 Å². The largest absolute Gasteiger partial charge is 0.481 e. The monoisotopic (exact) mass is 273 g/mol. The van der Waals surface area contributed by atoms with Crippen molar-refractivity contribution in [2.24, 2.45) is 0 Å². The van der Waals surface area contributed by atoms with Crippen molar-refractivity contribution in [1.82, 2.24) is 19.6 Å². The van der Waals surface area contributed by atoms with Gasteiger partial charge in [-0.3, -0.25) is 4.40 Å². The number of nitrogen functional groups attached to an aromatic ring is 1. The van der Waals surface area contributed by atoms with Crippen LogP contribution < -0.4 is 10.5 Å². The fourth-order valence-corrected chi connectivity index (χ4v) is 2.43. The molecular formula is C12H11N5OS. The predicted molar refractivity (Wildman–Crippen MR) is 72.3 cm³/mol. The summed E-state index contributed by atoms with van der Waals surface area (Å²) in [6, 6.07) is 9.21. The second-order valence-electron chi connectivity index (χ2n) is 3.76. The predicted octanol–water partition coefficient (Wildman–Crippen LogP) is 1.87. The van der Waals surface area contributed by atoms with E-state index in [0.29, 0.717) is 21.7 Å². The molecule has 3 rings (SSSR count). The highest BCUT2D eigenvalue weighted by atomic mass is 32.2. The van der Waals surface area contributed by atoms with Gasteiger partial charge in [-0.25, -0.2) is 4.98 Å². The molecule has 0 radical (unpaired) electrons. The third-order valence-corrected chi connectivity index (χ3v) is 3.52. The summed E-state index contributed by atoms with van der Waals surface area (Å²) in [6.07, 6.45) is 1.90. The number of hydrogen-bond acceptors (Lipinski definition) is 6. The highest BCUT2D eigenvalue weighted by molar-refractivity contribution is 7.99. The van der Waals surface area contributed by atoms with Gasteiger partial charge in [0.1, 0.15) is 5.03 Å². The maximum Gasteiger partial charge on any atom is 0.214 e. The topological polar surface area (TPSA) is 78.3 Å². The molecule has 0 amide bonds. The zero-order chi connectivity index (χ0) is 13.2. The fourth-order valence-electron chi connectivity index (χ4n) is 1.61. The Hall–Kier alpha value is -2.28. The Balaban J connectivity index is 2.01. The van der Waals surface area contributed by atoms with E-state index in [-0.39, 0.29) is 0 Å². The summed E-state index contributed by atoms with van der Waals surface area (Å²) in [7, 11) is 1.57. The van der Waals surface area contributed by atoms with Crippen LogP contribution in [0.1, 0.15) is 0 Å². The molecule has 2 N–H and O–H groups in total. The Bertz CT molecular complexity index is 727. The molecule has 0 aliphatic rings. The summed E-state index contributed by atoms with van der Waals surface area (Å²) >= 11 is 1.35. The van der Waals surface area contributed by atoms with Crippen molar-refractivity contribution in [1.29, 1.82) is 0 Å². The molecule has 3 heterocycles. The highest BCUT2D eigenvalue weighted by Crippen LogP contribution is 2.30. The minimum Gasteiger partial charge on any atom is -0.481 e. The third kappa shape index (κ3) is 2.19. The molecule has 3 aromatic heterocycles. The first-order valence-electron chi connectivity index (χ1n) is 5.56. The van der Waals surface area contributed by atoms with Gasteiger partial charge in [-0.1, -0.05) is 6.07 Å². The molecule has 0 aliphatic heterocycles. The molecule has 0 spiro atoms. The summed E-state index contributed by atoms with van der Waals surface area (Å²) < 4.78 is 6.97. The first kappa shape index (κ1) is 11.8. The van der Waals surface area contributed by atoms with E-state index in [1.807, 2.05) is 28.8 Å². The number of ether oxygens (including phenoxy) is 1. The van der Waals surface area contributed by atoms with E-state index in [2.05, 4.69) is 15.2 Å². The minimum absolute atomic E-state index is 0.519. The van der Waals surface area contributed by atoms with Gasteiger partial charge in [-0.2, -0.15) is 0 Å². The molecule has 96 valence electrons. The zero-order valence-corrected chi connectivity index (χ0v) is 11.0. The van der Waals surface area contributed by atoms with Gasteiger partial charge in [0.15, 0.2) is 5.65 Å². The van der Waals surface area contributed by atoms with E-state index in [0.717, 1.165) is 5.65 Å². The normalized spacial score (nSPS) is 10.8. The molecule has 0 aromatic carbocycles. The average molecular weight is 273 g/mol. The van der Waals surface area contributed by atoms with E-state index in [9.17, 15) is 0 Å². The van der Waals surface area contributed by atoms with Gasteiger partial charge < -0.3 is 10.5 Å². The number of rotatable bonds is 3. The van der Waals surface area contributed by atoms with Gasteiger partial charge in [0.25, 0.3) is 0 Å². The number of pyridine rings is 2. The molecule has 0 saturated carbocycles. The average Bonchev–Trinajstić information content (AvgIpc) is 2.85. The van der Waals surface area contributed by atoms with Gasteiger partial charge in [-0.15, -0.1) is 10.2 Å². The number of hydrogen-bond donors (Lipinski definition) is 1. The molecule has 0 bridgehead atoms. The smallest absolute Gasteiger partial charge is 0.214 e. The lowest BCUT2D eigenvalue weighted by atomic mass is 10.4. The number of aromatic nitrogens is 4. The molecule has 7 heteroatoms. The summed E-state index contributed by atoms with van der Waals surface area (Å²) in [5, 5.41) is 9.57. The van der Waals surface area contributed by atoms with Crippen molar-refractivity contribution >= 4 is 23.1 Å². The van der Waals surface area contributed by atoms with E-state index in [1.165, 1.54) is 11.8 Å². The minimum atomic E-state index is 0.519. The lowest BCUT2D eigenvalue weighted by Crippen LogP contribution is -1.96. The maximum atomic E-state index is 5.91. The number of nitrogens with zero attached hydrogens (tertiary/aromatic N) is 4. The lowest BCUT2D eigenvalue weighted by molar-refractivity contribution is 0.395. The highest BCUT2D eigenvalue weighted by Gasteiger charge is 2.11. The van der Waals surface area contributed by atoms with Gasteiger partial charge >= 0.3 is 0 Å². The van der Waals surface area contributed by atoms with Crippen LogP contribution in [0.15, 0.2) is 46.7 Å². The standard InChI is InChI=1S/C12H11N5OS/c1-18-10-6-5-8(13)11(14-10)19-12-16-15-9-4-2-3-7-17(9)12/h2-7H,13H2,1H3. The fraction of sp³-hybridized carbons (Fsp3) is 0.0833. The number of anilines is 1. The van der Waals surface area contributed by atoms with Crippen LogP contribution in [0.2, 0.25) is 0 Å². The van der Waals surface area contributed by atoms with Gasteiger partial charge in [0.2, 0.25) is 11.0 Å². The van der Waals surface area contributed by atoms with Crippen LogP contribution in [0.3, 0.4) is 0 Å². The van der Waals surface area contributed by atoms with Crippen LogP contribution >= 0.6 is 11.8 Å². The van der Waals surface area contributed by atoms with E-state index in [1.54, 1.807) is 19.2 Å². The molecular weight excluding hydrogens is 262 g/mol. The Morgan fingerprint density at radius 2 is 2.11 bits per heavy atom. The summed E-state index contributed by atoms with van der Waals surface area (Å²) in [6.45, 7) is 0. The van der Waals surface area contributed by atoms with Crippen LogP contribution in [0.5, 0.6) is 5.88 Å². The van der Waals surface area contributed by atoms with Crippen molar-refractivity contribution < 1.29 is 4.74 Å². The Labute approximate surface area is 113 Å².